The Hall–Kier alpha value is -1.49. The lowest BCUT2D eigenvalue weighted by Gasteiger charge is -1.91. The number of hydrogen-bond donors (Lipinski definition) is 1. The van der Waals surface area contributed by atoms with Gasteiger partial charge in [0.1, 0.15) is 5.84 Å². The molecule has 0 bridgehead atoms. The first kappa shape index (κ1) is 9.08. The van der Waals surface area contributed by atoms with Crippen molar-refractivity contribution in [1.82, 2.24) is 0 Å². The van der Waals surface area contributed by atoms with Crippen LogP contribution in [0.2, 0.25) is 0 Å². The Balaban J connectivity index is 2.13. The van der Waals surface area contributed by atoms with Crippen molar-refractivity contribution in [3.63, 3.8) is 0 Å². The van der Waals surface area contributed by atoms with E-state index in [2.05, 4.69) is 22.9 Å². The number of hydrogen-bond acceptors (Lipinski definition) is 2. The molecule has 2 rings (SSSR count). The van der Waals surface area contributed by atoms with Gasteiger partial charge in [0.25, 0.3) is 0 Å². The molecular weight excluding hydrogens is 172 g/mol. The van der Waals surface area contributed by atoms with Crippen molar-refractivity contribution in [1.29, 1.82) is 0 Å². The van der Waals surface area contributed by atoms with Crippen LogP contribution in [-0.2, 0) is 0 Å². The Morgan fingerprint density at radius 2 is 2.21 bits per heavy atom. The van der Waals surface area contributed by atoms with Gasteiger partial charge < -0.3 is 5.73 Å². The third-order valence-corrected chi connectivity index (χ3v) is 2.22. The Morgan fingerprint density at radius 1 is 1.43 bits per heavy atom. The monoisotopic (exact) mass is 186 g/mol. The lowest BCUT2D eigenvalue weighted by Crippen LogP contribution is -2.08. The molecule has 2 N–H and O–H groups in total. The van der Waals surface area contributed by atoms with E-state index >= 15 is 0 Å². The van der Waals surface area contributed by atoms with Crippen LogP contribution in [0.5, 0.6) is 0 Å². The number of allylic oxidation sites excluding steroid dienone is 2. The van der Waals surface area contributed by atoms with Gasteiger partial charge >= 0.3 is 0 Å². The second-order valence-corrected chi connectivity index (χ2v) is 3.84. The molecule has 0 radical (unpaired) electrons. The molecule has 1 saturated carbocycles. The van der Waals surface area contributed by atoms with Crippen molar-refractivity contribution in [3.8, 4) is 11.8 Å². The summed E-state index contributed by atoms with van der Waals surface area (Å²) in [6, 6.07) is 0. The van der Waals surface area contributed by atoms with Crippen molar-refractivity contribution >= 4 is 5.84 Å². The first-order chi connectivity index (χ1) is 6.74. The van der Waals surface area contributed by atoms with Crippen LogP contribution in [0.15, 0.2) is 28.3 Å². The molecule has 0 amide bonds. The van der Waals surface area contributed by atoms with Crippen LogP contribution < -0.4 is 5.73 Å². The fraction of sp³-hybridized carbons (Fsp3) is 0.417. The molecule has 0 spiro atoms. The van der Waals surface area contributed by atoms with E-state index in [0.29, 0.717) is 18.3 Å². The maximum atomic E-state index is 5.65. The third-order valence-electron chi connectivity index (χ3n) is 2.22. The fourth-order valence-corrected chi connectivity index (χ4v) is 1.32. The number of amidine groups is 1. The fourth-order valence-electron chi connectivity index (χ4n) is 1.32. The van der Waals surface area contributed by atoms with Crippen LogP contribution >= 0.6 is 0 Å². The molecule has 0 aromatic heterocycles. The predicted molar refractivity (Wildman–Crippen MR) is 58.8 cm³/mol. The summed E-state index contributed by atoms with van der Waals surface area (Å²) in [6.07, 6.45) is 6.48. The van der Waals surface area contributed by atoms with Gasteiger partial charge in [-0.15, -0.1) is 0 Å². The smallest absolute Gasteiger partial charge is 0.118 e. The lowest BCUT2D eigenvalue weighted by molar-refractivity contribution is 1.16. The molecule has 0 aromatic carbocycles. The summed E-state index contributed by atoms with van der Waals surface area (Å²) >= 11 is 0. The number of rotatable bonds is 0. The quantitative estimate of drug-likeness (QED) is 0.574. The van der Waals surface area contributed by atoms with Crippen molar-refractivity contribution in [2.24, 2.45) is 16.6 Å². The Bertz CT molecular complexity index is 384. The van der Waals surface area contributed by atoms with Crippen molar-refractivity contribution in [2.45, 2.75) is 19.8 Å². The van der Waals surface area contributed by atoms with E-state index in [1.807, 2.05) is 13.0 Å². The zero-order valence-electron chi connectivity index (χ0n) is 8.38. The van der Waals surface area contributed by atoms with Gasteiger partial charge in [0.05, 0.1) is 6.54 Å². The molecule has 0 atom stereocenters. The average Bonchev–Trinajstić information content (AvgIpc) is 2.91. The summed E-state index contributed by atoms with van der Waals surface area (Å²) in [7, 11) is 0. The average molecular weight is 186 g/mol. The van der Waals surface area contributed by atoms with Gasteiger partial charge in [0.2, 0.25) is 0 Å². The second kappa shape index (κ2) is 3.71. The standard InChI is InChI=1S/C12H14N2/c1-9-6-11(5-4-10-2-3-10)8-14-12(13)7-9/h6-7,10H,2-3,8H2,1H3,(H2,13,14). The molecular formula is C12H14N2. The molecule has 2 heteroatoms. The summed E-state index contributed by atoms with van der Waals surface area (Å²) < 4.78 is 0. The largest absolute Gasteiger partial charge is 0.384 e. The highest BCUT2D eigenvalue weighted by atomic mass is 14.8. The zero-order chi connectivity index (χ0) is 9.97. The van der Waals surface area contributed by atoms with Crippen molar-refractivity contribution in [3.05, 3.63) is 23.3 Å². The molecule has 14 heavy (non-hydrogen) atoms. The highest BCUT2D eigenvalue weighted by Gasteiger charge is 2.17. The normalized spacial score (nSPS) is 21.1. The second-order valence-electron chi connectivity index (χ2n) is 3.84. The molecule has 0 saturated heterocycles. The Labute approximate surface area is 84.6 Å². The van der Waals surface area contributed by atoms with E-state index in [9.17, 15) is 0 Å². The van der Waals surface area contributed by atoms with Gasteiger partial charge in [-0.3, -0.25) is 4.99 Å². The summed E-state index contributed by atoms with van der Waals surface area (Å²) in [5, 5.41) is 0. The highest BCUT2D eigenvalue weighted by Crippen LogP contribution is 2.27. The molecule has 0 unspecified atom stereocenters. The molecule has 72 valence electrons. The summed E-state index contributed by atoms with van der Waals surface area (Å²) in [6.45, 7) is 2.64. The van der Waals surface area contributed by atoms with Gasteiger partial charge in [-0.25, -0.2) is 0 Å². The van der Waals surface area contributed by atoms with Crippen LogP contribution in [0, 0.1) is 17.8 Å². The van der Waals surface area contributed by atoms with Crippen LogP contribution in [0.1, 0.15) is 19.8 Å². The van der Waals surface area contributed by atoms with E-state index in [1.165, 1.54) is 12.8 Å². The molecule has 2 aliphatic rings. The van der Waals surface area contributed by atoms with E-state index in [4.69, 9.17) is 5.73 Å². The van der Waals surface area contributed by atoms with Crippen molar-refractivity contribution < 1.29 is 0 Å². The molecule has 1 aliphatic heterocycles. The third kappa shape index (κ3) is 2.50. The van der Waals surface area contributed by atoms with Crippen LogP contribution in [0.3, 0.4) is 0 Å². The number of aliphatic imine (C=N–C) groups is 1. The Morgan fingerprint density at radius 3 is 2.93 bits per heavy atom. The molecule has 1 heterocycles. The summed E-state index contributed by atoms with van der Waals surface area (Å²) in [5.74, 6) is 7.66. The maximum absolute atomic E-state index is 5.65. The van der Waals surface area contributed by atoms with Gasteiger partial charge in [-0.05, 0) is 37.5 Å². The van der Waals surface area contributed by atoms with Gasteiger partial charge in [0, 0.05) is 11.5 Å². The van der Waals surface area contributed by atoms with Crippen LogP contribution in [0.4, 0.5) is 0 Å². The van der Waals surface area contributed by atoms with E-state index in [-0.39, 0.29) is 0 Å². The summed E-state index contributed by atoms with van der Waals surface area (Å²) in [4.78, 5) is 4.20. The van der Waals surface area contributed by atoms with Crippen LogP contribution in [-0.4, -0.2) is 12.4 Å². The van der Waals surface area contributed by atoms with Crippen LogP contribution in [0.25, 0.3) is 0 Å². The minimum Gasteiger partial charge on any atom is -0.384 e. The minimum atomic E-state index is 0.599. The topological polar surface area (TPSA) is 38.4 Å². The maximum Gasteiger partial charge on any atom is 0.118 e. The van der Waals surface area contributed by atoms with E-state index in [1.54, 1.807) is 0 Å². The predicted octanol–water partition coefficient (Wildman–Crippen LogP) is 1.64. The first-order valence-corrected chi connectivity index (χ1v) is 4.94. The highest BCUT2D eigenvalue weighted by molar-refractivity contribution is 5.93. The number of nitrogens with two attached hydrogens (primary N) is 1. The number of nitrogens with zero attached hydrogens (tertiary/aromatic N) is 1. The van der Waals surface area contributed by atoms with Gasteiger partial charge in [0.15, 0.2) is 0 Å². The minimum absolute atomic E-state index is 0.599. The van der Waals surface area contributed by atoms with Gasteiger partial charge in [-0.2, -0.15) is 0 Å². The molecule has 1 fully saturated rings. The van der Waals surface area contributed by atoms with Crippen molar-refractivity contribution in [2.75, 3.05) is 6.54 Å². The van der Waals surface area contributed by atoms with E-state index in [0.717, 1.165) is 11.1 Å². The first-order valence-electron chi connectivity index (χ1n) is 4.94. The van der Waals surface area contributed by atoms with Gasteiger partial charge in [-0.1, -0.05) is 11.8 Å². The molecule has 2 nitrogen and oxygen atoms in total. The lowest BCUT2D eigenvalue weighted by atomic mass is 10.1. The Kier molecular flexibility index (Phi) is 2.41. The summed E-state index contributed by atoms with van der Waals surface area (Å²) in [5.41, 5.74) is 7.85. The molecule has 0 aromatic rings. The SMILES string of the molecule is CC1=CC(N)=NCC(C#CC2CC2)=C1. The molecule has 1 aliphatic carbocycles. The van der Waals surface area contributed by atoms with E-state index < -0.39 is 0 Å². The zero-order valence-corrected chi connectivity index (χ0v) is 8.38.